The van der Waals surface area contributed by atoms with Crippen LogP contribution in [0.3, 0.4) is 0 Å². The molecule has 0 N–H and O–H groups in total. The molecule has 18 heavy (non-hydrogen) atoms. The summed E-state index contributed by atoms with van der Waals surface area (Å²) in [5, 5.41) is 0.756. The fraction of sp³-hybridized carbons (Fsp3) is 0.500. The van der Waals surface area contributed by atoms with Crippen LogP contribution < -0.4 is 0 Å². The first-order chi connectivity index (χ1) is 8.78. The van der Waals surface area contributed by atoms with Crippen molar-refractivity contribution in [3.8, 4) is 0 Å². The van der Waals surface area contributed by atoms with E-state index in [4.69, 9.17) is 23.2 Å². The maximum absolute atomic E-state index is 6.06. The molecule has 1 heterocycles. The van der Waals surface area contributed by atoms with Gasteiger partial charge in [-0.3, -0.25) is 0 Å². The van der Waals surface area contributed by atoms with Crippen molar-refractivity contribution in [2.24, 2.45) is 5.92 Å². The summed E-state index contributed by atoms with van der Waals surface area (Å²) in [7, 11) is 0. The van der Waals surface area contributed by atoms with Crippen LogP contribution in [0.4, 0.5) is 0 Å². The summed E-state index contributed by atoms with van der Waals surface area (Å²) in [6, 6.07) is 5.83. The lowest BCUT2D eigenvalue weighted by Crippen LogP contribution is -2.02. The number of fused-ring (bicyclic) bond motifs is 1. The topological polar surface area (TPSA) is 17.8 Å². The van der Waals surface area contributed by atoms with E-state index in [9.17, 15) is 0 Å². The molecule has 2 aromatic rings. The van der Waals surface area contributed by atoms with Gasteiger partial charge >= 0.3 is 0 Å². The Kier molecular flexibility index (Phi) is 3.49. The lowest BCUT2D eigenvalue weighted by Gasteiger charge is -2.07. The fourth-order valence-electron chi connectivity index (χ4n) is 2.44. The monoisotopic (exact) mass is 282 g/mol. The lowest BCUT2D eigenvalue weighted by atomic mass is 10.2. The third-order valence-electron chi connectivity index (χ3n) is 3.60. The summed E-state index contributed by atoms with van der Waals surface area (Å²) < 4.78 is 2.22. The van der Waals surface area contributed by atoms with Gasteiger partial charge in [-0.15, -0.1) is 11.6 Å². The number of halogens is 2. The van der Waals surface area contributed by atoms with E-state index in [0.717, 1.165) is 34.3 Å². The molecular weight excluding hydrogens is 267 g/mol. The molecule has 0 amide bonds. The van der Waals surface area contributed by atoms with Crippen LogP contribution in [0.25, 0.3) is 11.0 Å². The minimum atomic E-state index is 0.454. The van der Waals surface area contributed by atoms with E-state index < -0.39 is 0 Å². The number of benzene rings is 1. The molecule has 1 aromatic carbocycles. The van der Waals surface area contributed by atoms with E-state index in [0.29, 0.717) is 5.88 Å². The molecular formula is C14H16Cl2N2. The standard InChI is InChI=1S/C14H16Cl2N2/c15-9-14-17-12-6-5-11(16)8-13(12)18(14)7-1-2-10-3-4-10/h5-6,8,10H,1-4,7,9H2. The van der Waals surface area contributed by atoms with Crippen LogP contribution >= 0.6 is 23.2 Å². The Balaban J connectivity index is 1.87. The van der Waals surface area contributed by atoms with Crippen molar-refractivity contribution in [1.82, 2.24) is 9.55 Å². The van der Waals surface area contributed by atoms with Gasteiger partial charge in [-0.2, -0.15) is 0 Å². The highest BCUT2D eigenvalue weighted by molar-refractivity contribution is 6.31. The van der Waals surface area contributed by atoms with Crippen LogP contribution in [0.15, 0.2) is 18.2 Å². The Morgan fingerprint density at radius 2 is 2.17 bits per heavy atom. The van der Waals surface area contributed by atoms with Crippen LogP contribution in [-0.4, -0.2) is 9.55 Å². The van der Waals surface area contributed by atoms with Crippen LogP contribution in [0.1, 0.15) is 31.5 Å². The summed E-state index contributed by atoms with van der Waals surface area (Å²) in [6.45, 7) is 0.995. The van der Waals surface area contributed by atoms with Gasteiger partial charge in [-0.25, -0.2) is 4.98 Å². The molecule has 1 aromatic heterocycles. The predicted octanol–water partition coefficient (Wildman–Crippen LogP) is 4.62. The van der Waals surface area contributed by atoms with Gasteiger partial charge in [0.05, 0.1) is 16.9 Å². The molecule has 0 saturated heterocycles. The molecule has 4 heteroatoms. The number of hydrogen-bond acceptors (Lipinski definition) is 1. The van der Waals surface area contributed by atoms with Crippen molar-refractivity contribution in [2.75, 3.05) is 0 Å². The second kappa shape index (κ2) is 5.10. The first-order valence-corrected chi connectivity index (χ1v) is 7.40. The molecule has 96 valence electrons. The maximum Gasteiger partial charge on any atom is 0.124 e. The second-order valence-electron chi connectivity index (χ2n) is 5.03. The number of imidazole rings is 1. The first kappa shape index (κ1) is 12.3. The molecule has 1 saturated carbocycles. The zero-order valence-corrected chi connectivity index (χ0v) is 11.7. The van der Waals surface area contributed by atoms with Gasteiger partial charge in [0.15, 0.2) is 0 Å². The Labute approximate surface area is 117 Å². The van der Waals surface area contributed by atoms with Gasteiger partial charge in [0.2, 0.25) is 0 Å². The highest BCUT2D eigenvalue weighted by Gasteiger charge is 2.20. The van der Waals surface area contributed by atoms with Gasteiger partial charge < -0.3 is 4.57 Å². The molecule has 1 fully saturated rings. The Bertz CT molecular complexity index is 558. The number of rotatable bonds is 5. The Hall–Kier alpha value is -0.730. The van der Waals surface area contributed by atoms with Crippen LogP contribution in [-0.2, 0) is 12.4 Å². The van der Waals surface area contributed by atoms with Crippen molar-refractivity contribution in [3.05, 3.63) is 29.0 Å². The number of nitrogens with zero attached hydrogens (tertiary/aromatic N) is 2. The third-order valence-corrected chi connectivity index (χ3v) is 4.07. The maximum atomic E-state index is 6.06. The van der Waals surface area contributed by atoms with E-state index in [1.807, 2.05) is 18.2 Å². The van der Waals surface area contributed by atoms with Crippen LogP contribution in [0, 0.1) is 5.92 Å². The zero-order chi connectivity index (χ0) is 12.5. The number of aromatic nitrogens is 2. The molecule has 0 bridgehead atoms. The van der Waals surface area contributed by atoms with Gasteiger partial charge in [0.1, 0.15) is 5.82 Å². The minimum Gasteiger partial charge on any atom is -0.327 e. The average molecular weight is 283 g/mol. The Morgan fingerprint density at radius 3 is 2.89 bits per heavy atom. The molecule has 2 nitrogen and oxygen atoms in total. The van der Waals surface area contributed by atoms with Gasteiger partial charge in [-0.05, 0) is 37.0 Å². The third kappa shape index (κ3) is 2.50. The van der Waals surface area contributed by atoms with E-state index in [-0.39, 0.29) is 0 Å². The summed E-state index contributed by atoms with van der Waals surface area (Å²) in [5.41, 5.74) is 2.09. The first-order valence-electron chi connectivity index (χ1n) is 6.48. The van der Waals surface area contributed by atoms with E-state index in [1.165, 1.54) is 25.7 Å². The normalized spacial score (nSPS) is 15.4. The average Bonchev–Trinajstić information content (AvgIpc) is 3.12. The van der Waals surface area contributed by atoms with Crippen LogP contribution in [0.2, 0.25) is 5.02 Å². The quantitative estimate of drug-likeness (QED) is 0.732. The van der Waals surface area contributed by atoms with Crippen molar-refractivity contribution in [1.29, 1.82) is 0 Å². The molecule has 1 aliphatic carbocycles. The van der Waals surface area contributed by atoms with Crippen molar-refractivity contribution < 1.29 is 0 Å². The molecule has 1 aliphatic rings. The molecule has 3 rings (SSSR count). The summed E-state index contributed by atoms with van der Waals surface area (Å²) in [5.74, 6) is 2.38. The number of alkyl halides is 1. The number of hydrogen-bond donors (Lipinski definition) is 0. The highest BCUT2D eigenvalue weighted by Crippen LogP contribution is 2.34. The van der Waals surface area contributed by atoms with Crippen LogP contribution in [0.5, 0.6) is 0 Å². The molecule has 0 atom stereocenters. The molecule has 0 spiro atoms. The summed E-state index contributed by atoms with van der Waals surface area (Å²) in [4.78, 5) is 4.56. The largest absolute Gasteiger partial charge is 0.327 e. The SMILES string of the molecule is ClCc1nc2ccc(Cl)cc2n1CCCC1CC1. The summed E-state index contributed by atoms with van der Waals surface area (Å²) >= 11 is 12.0. The predicted molar refractivity (Wildman–Crippen MR) is 76.3 cm³/mol. The lowest BCUT2D eigenvalue weighted by molar-refractivity contribution is 0.576. The molecule has 0 aliphatic heterocycles. The van der Waals surface area contributed by atoms with Crippen molar-refractivity contribution in [3.63, 3.8) is 0 Å². The zero-order valence-electron chi connectivity index (χ0n) is 10.2. The second-order valence-corrected chi connectivity index (χ2v) is 5.74. The van der Waals surface area contributed by atoms with Gasteiger partial charge in [-0.1, -0.05) is 24.4 Å². The van der Waals surface area contributed by atoms with E-state index in [1.54, 1.807) is 0 Å². The molecule has 0 radical (unpaired) electrons. The van der Waals surface area contributed by atoms with Gasteiger partial charge in [0.25, 0.3) is 0 Å². The summed E-state index contributed by atoms with van der Waals surface area (Å²) in [6.07, 6.45) is 5.35. The number of aryl methyl sites for hydroxylation is 1. The van der Waals surface area contributed by atoms with Crippen molar-refractivity contribution in [2.45, 2.75) is 38.1 Å². The Morgan fingerprint density at radius 1 is 1.33 bits per heavy atom. The van der Waals surface area contributed by atoms with E-state index in [2.05, 4.69) is 9.55 Å². The van der Waals surface area contributed by atoms with Crippen molar-refractivity contribution >= 4 is 34.2 Å². The van der Waals surface area contributed by atoms with Gasteiger partial charge in [0, 0.05) is 11.6 Å². The smallest absolute Gasteiger partial charge is 0.124 e. The fourth-order valence-corrected chi connectivity index (χ4v) is 2.81. The highest BCUT2D eigenvalue weighted by atomic mass is 35.5. The minimum absolute atomic E-state index is 0.454. The van der Waals surface area contributed by atoms with E-state index >= 15 is 0 Å². The molecule has 0 unspecified atom stereocenters.